The molecule has 0 atom stereocenters. The summed E-state index contributed by atoms with van der Waals surface area (Å²) in [7, 11) is 0. The fourth-order valence-electron chi connectivity index (χ4n) is 2.04. The maximum atomic E-state index is 9.35. The number of para-hydroxylation sites is 1. The molecule has 0 unspecified atom stereocenters. The van der Waals surface area contributed by atoms with E-state index < -0.39 is 0 Å². The lowest BCUT2D eigenvalue weighted by Gasteiger charge is -2.12. The first-order valence-corrected chi connectivity index (χ1v) is 7.88. The highest BCUT2D eigenvalue weighted by Crippen LogP contribution is 2.35. The van der Waals surface area contributed by atoms with Gasteiger partial charge in [0, 0.05) is 15.9 Å². The lowest BCUT2D eigenvalue weighted by Crippen LogP contribution is -1.94. The van der Waals surface area contributed by atoms with Crippen molar-refractivity contribution < 1.29 is 9.84 Å². The van der Waals surface area contributed by atoms with Gasteiger partial charge >= 0.3 is 0 Å². The van der Waals surface area contributed by atoms with Crippen LogP contribution >= 0.6 is 31.9 Å². The van der Waals surface area contributed by atoms with E-state index in [1.807, 2.05) is 42.5 Å². The number of rotatable bonds is 3. The highest BCUT2D eigenvalue weighted by molar-refractivity contribution is 9.11. The molecule has 0 bridgehead atoms. The highest BCUT2D eigenvalue weighted by Gasteiger charge is 2.09. The standard InChI is InChI=1S/C16H11Br2NO2/c17-10-5-6-15(13(18)7-10)21-16-8-11(9-20)19-14-4-2-1-3-12(14)16/h1-8,20H,9H2. The third kappa shape index (κ3) is 3.10. The number of aliphatic hydroxyl groups is 1. The van der Waals surface area contributed by atoms with E-state index in [1.54, 1.807) is 6.07 Å². The minimum Gasteiger partial charge on any atom is -0.455 e. The van der Waals surface area contributed by atoms with E-state index >= 15 is 0 Å². The molecule has 0 radical (unpaired) electrons. The van der Waals surface area contributed by atoms with Crippen LogP contribution in [0.25, 0.3) is 10.9 Å². The first-order chi connectivity index (χ1) is 10.2. The topological polar surface area (TPSA) is 42.4 Å². The smallest absolute Gasteiger partial charge is 0.141 e. The van der Waals surface area contributed by atoms with E-state index in [0.29, 0.717) is 17.2 Å². The molecule has 0 saturated carbocycles. The van der Waals surface area contributed by atoms with Gasteiger partial charge in [-0.1, -0.05) is 28.1 Å². The van der Waals surface area contributed by atoms with Crippen LogP contribution < -0.4 is 4.74 Å². The lowest BCUT2D eigenvalue weighted by atomic mass is 10.2. The highest BCUT2D eigenvalue weighted by atomic mass is 79.9. The summed E-state index contributed by atoms with van der Waals surface area (Å²) in [5.74, 6) is 1.38. The molecule has 3 aromatic rings. The number of nitrogens with zero attached hydrogens (tertiary/aromatic N) is 1. The number of hydrogen-bond acceptors (Lipinski definition) is 3. The molecule has 21 heavy (non-hydrogen) atoms. The van der Waals surface area contributed by atoms with Crippen molar-refractivity contribution in [1.29, 1.82) is 0 Å². The molecular formula is C16H11Br2NO2. The van der Waals surface area contributed by atoms with Crippen LogP contribution in [0.2, 0.25) is 0 Å². The summed E-state index contributed by atoms with van der Waals surface area (Å²) >= 11 is 6.90. The molecule has 106 valence electrons. The van der Waals surface area contributed by atoms with Crippen LogP contribution in [0.3, 0.4) is 0 Å². The van der Waals surface area contributed by atoms with Gasteiger partial charge in [0.1, 0.15) is 11.5 Å². The van der Waals surface area contributed by atoms with Crippen LogP contribution in [0.1, 0.15) is 5.69 Å². The van der Waals surface area contributed by atoms with Crippen LogP contribution in [0.5, 0.6) is 11.5 Å². The lowest BCUT2D eigenvalue weighted by molar-refractivity contribution is 0.276. The first kappa shape index (κ1) is 14.5. The first-order valence-electron chi connectivity index (χ1n) is 6.30. The van der Waals surface area contributed by atoms with Gasteiger partial charge in [-0.05, 0) is 46.3 Å². The van der Waals surface area contributed by atoms with Crippen LogP contribution in [0.4, 0.5) is 0 Å². The van der Waals surface area contributed by atoms with Gasteiger partial charge in [0.05, 0.1) is 22.3 Å². The van der Waals surface area contributed by atoms with Gasteiger partial charge in [0.2, 0.25) is 0 Å². The Kier molecular flexibility index (Phi) is 4.24. The molecule has 0 amide bonds. The zero-order chi connectivity index (χ0) is 14.8. The predicted octanol–water partition coefficient (Wildman–Crippen LogP) is 5.04. The van der Waals surface area contributed by atoms with Gasteiger partial charge in [0.15, 0.2) is 0 Å². The zero-order valence-electron chi connectivity index (χ0n) is 10.9. The number of halogens is 2. The van der Waals surface area contributed by atoms with Gasteiger partial charge < -0.3 is 9.84 Å². The van der Waals surface area contributed by atoms with Crippen molar-refractivity contribution in [2.75, 3.05) is 0 Å². The fourth-order valence-corrected chi connectivity index (χ4v) is 3.17. The Labute approximate surface area is 138 Å². The number of pyridine rings is 1. The molecule has 1 heterocycles. The van der Waals surface area contributed by atoms with Crippen LogP contribution in [-0.2, 0) is 6.61 Å². The van der Waals surface area contributed by atoms with E-state index in [-0.39, 0.29) is 6.61 Å². The molecule has 1 N–H and O–H groups in total. The molecule has 3 nitrogen and oxygen atoms in total. The number of ether oxygens (including phenoxy) is 1. The van der Waals surface area contributed by atoms with Crippen molar-refractivity contribution in [2.24, 2.45) is 0 Å². The monoisotopic (exact) mass is 407 g/mol. The summed E-state index contributed by atoms with van der Waals surface area (Å²) in [5.41, 5.74) is 1.38. The van der Waals surface area contributed by atoms with E-state index in [1.165, 1.54) is 0 Å². The van der Waals surface area contributed by atoms with Crippen molar-refractivity contribution in [3.8, 4) is 11.5 Å². The van der Waals surface area contributed by atoms with Crippen molar-refractivity contribution in [3.05, 3.63) is 63.2 Å². The van der Waals surface area contributed by atoms with Crippen molar-refractivity contribution in [1.82, 2.24) is 4.98 Å². The minimum atomic E-state index is -0.122. The van der Waals surface area contributed by atoms with Crippen LogP contribution in [0, 0.1) is 0 Å². The molecule has 0 aliphatic carbocycles. The van der Waals surface area contributed by atoms with Crippen molar-refractivity contribution in [3.63, 3.8) is 0 Å². The normalized spacial score (nSPS) is 10.8. The van der Waals surface area contributed by atoms with Gasteiger partial charge in [-0.25, -0.2) is 0 Å². The van der Waals surface area contributed by atoms with E-state index in [2.05, 4.69) is 36.8 Å². The van der Waals surface area contributed by atoms with Gasteiger partial charge in [-0.2, -0.15) is 0 Å². The number of fused-ring (bicyclic) bond motifs is 1. The summed E-state index contributed by atoms with van der Waals surface area (Å²) in [6.07, 6.45) is 0. The SMILES string of the molecule is OCc1cc(Oc2ccc(Br)cc2Br)c2ccccc2n1. The third-order valence-electron chi connectivity index (χ3n) is 3.01. The summed E-state index contributed by atoms with van der Waals surface area (Å²) < 4.78 is 7.82. The molecule has 0 spiro atoms. The summed E-state index contributed by atoms with van der Waals surface area (Å²) in [6, 6.07) is 15.2. The number of aromatic nitrogens is 1. The molecule has 0 aliphatic heterocycles. The van der Waals surface area contributed by atoms with Gasteiger partial charge in [-0.3, -0.25) is 4.98 Å². The Bertz CT molecular complexity index is 805. The Hall–Kier alpha value is -1.43. The van der Waals surface area contributed by atoms with Crippen LogP contribution in [0.15, 0.2) is 57.5 Å². The second-order valence-electron chi connectivity index (χ2n) is 4.46. The quantitative estimate of drug-likeness (QED) is 0.659. The molecule has 0 fully saturated rings. The maximum Gasteiger partial charge on any atom is 0.141 e. The number of benzene rings is 2. The second-order valence-corrected chi connectivity index (χ2v) is 6.23. The van der Waals surface area contributed by atoms with E-state index in [0.717, 1.165) is 19.8 Å². The summed E-state index contributed by atoms with van der Waals surface area (Å²) in [4.78, 5) is 4.38. The average Bonchev–Trinajstić information content (AvgIpc) is 2.49. The number of hydrogen-bond donors (Lipinski definition) is 1. The summed E-state index contributed by atoms with van der Waals surface area (Å²) in [6.45, 7) is -0.122. The molecule has 2 aromatic carbocycles. The molecular weight excluding hydrogens is 398 g/mol. The molecule has 0 aliphatic rings. The molecule has 1 aromatic heterocycles. The predicted molar refractivity (Wildman–Crippen MR) is 89.6 cm³/mol. The largest absolute Gasteiger partial charge is 0.455 e. The van der Waals surface area contributed by atoms with E-state index in [9.17, 15) is 5.11 Å². The molecule has 3 rings (SSSR count). The van der Waals surface area contributed by atoms with E-state index in [4.69, 9.17) is 4.74 Å². The molecule has 5 heteroatoms. The third-order valence-corrected chi connectivity index (χ3v) is 4.12. The molecule has 0 saturated heterocycles. The Morgan fingerprint density at radius 2 is 1.81 bits per heavy atom. The Morgan fingerprint density at radius 1 is 1.00 bits per heavy atom. The number of aliphatic hydroxyl groups excluding tert-OH is 1. The Morgan fingerprint density at radius 3 is 2.57 bits per heavy atom. The zero-order valence-corrected chi connectivity index (χ0v) is 14.1. The summed E-state index contributed by atoms with van der Waals surface area (Å²) in [5, 5.41) is 10.3. The van der Waals surface area contributed by atoms with Crippen LogP contribution in [-0.4, -0.2) is 10.1 Å². The maximum absolute atomic E-state index is 9.35. The fraction of sp³-hybridized carbons (Fsp3) is 0.0625. The van der Waals surface area contributed by atoms with Crippen molar-refractivity contribution >= 4 is 42.8 Å². The van der Waals surface area contributed by atoms with Crippen molar-refractivity contribution in [2.45, 2.75) is 6.61 Å². The van der Waals surface area contributed by atoms with Gasteiger partial charge in [-0.15, -0.1) is 0 Å². The Balaban J connectivity index is 2.10. The average molecular weight is 409 g/mol. The van der Waals surface area contributed by atoms with Gasteiger partial charge in [0.25, 0.3) is 0 Å². The minimum absolute atomic E-state index is 0.122. The second kappa shape index (κ2) is 6.13.